The zero-order chi connectivity index (χ0) is 17.2. The molecule has 2 aromatic carbocycles. The summed E-state index contributed by atoms with van der Waals surface area (Å²) in [6, 6.07) is 17.5. The fourth-order valence-corrected chi connectivity index (χ4v) is 4.03. The van der Waals surface area contributed by atoms with Gasteiger partial charge in [0, 0.05) is 13.0 Å². The van der Waals surface area contributed by atoms with E-state index in [0.717, 1.165) is 29.5 Å². The van der Waals surface area contributed by atoms with Crippen molar-refractivity contribution < 1.29 is 14.6 Å². The lowest BCUT2D eigenvalue weighted by Crippen LogP contribution is -2.41. The summed E-state index contributed by atoms with van der Waals surface area (Å²) in [7, 11) is 0. The van der Waals surface area contributed by atoms with E-state index in [1.165, 1.54) is 0 Å². The first-order valence-corrected chi connectivity index (χ1v) is 8.97. The molecule has 2 N–H and O–H groups in total. The molecule has 0 bridgehead atoms. The highest BCUT2D eigenvalue weighted by atomic mass is 16.5. The lowest BCUT2D eigenvalue weighted by atomic mass is 9.88. The molecular formula is C21H23NO3. The molecule has 1 amide bonds. The van der Waals surface area contributed by atoms with Crippen molar-refractivity contribution in [3.8, 4) is 0 Å². The molecule has 1 fully saturated rings. The summed E-state index contributed by atoms with van der Waals surface area (Å²) in [5.74, 6) is -0.259. The summed E-state index contributed by atoms with van der Waals surface area (Å²) in [6.45, 7) is 0.679. The third-order valence-electron chi connectivity index (χ3n) is 5.29. The second kappa shape index (κ2) is 6.98. The van der Waals surface area contributed by atoms with E-state index in [4.69, 9.17) is 4.74 Å². The molecule has 4 nitrogen and oxygen atoms in total. The quantitative estimate of drug-likeness (QED) is 0.905. The van der Waals surface area contributed by atoms with Crippen LogP contribution in [0.2, 0.25) is 0 Å². The average molecular weight is 337 g/mol. The van der Waals surface area contributed by atoms with Crippen LogP contribution >= 0.6 is 0 Å². The van der Waals surface area contributed by atoms with E-state index in [2.05, 4.69) is 5.32 Å². The summed E-state index contributed by atoms with van der Waals surface area (Å²) in [5, 5.41) is 13.5. The van der Waals surface area contributed by atoms with Gasteiger partial charge in [-0.3, -0.25) is 4.79 Å². The maximum Gasteiger partial charge on any atom is 0.226 e. The summed E-state index contributed by atoms with van der Waals surface area (Å²) < 4.78 is 5.94. The first-order valence-electron chi connectivity index (χ1n) is 8.97. The van der Waals surface area contributed by atoms with E-state index in [9.17, 15) is 9.90 Å². The molecule has 0 spiro atoms. The molecule has 1 aliphatic carbocycles. The highest BCUT2D eigenvalue weighted by Crippen LogP contribution is 2.36. The monoisotopic (exact) mass is 337 g/mol. The van der Waals surface area contributed by atoms with E-state index in [0.29, 0.717) is 13.0 Å². The lowest BCUT2D eigenvalue weighted by molar-refractivity contribution is -0.136. The third-order valence-corrected chi connectivity index (χ3v) is 5.29. The Balaban J connectivity index is 1.54. The number of hydrogen-bond donors (Lipinski definition) is 2. The van der Waals surface area contributed by atoms with Crippen LogP contribution in [0.3, 0.4) is 0 Å². The van der Waals surface area contributed by atoms with E-state index in [1.807, 2.05) is 54.6 Å². The fraction of sp³-hybridized carbons (Fsp3) is 0.381. The number of carbonyl (C=O) groups excluding carboxylic acids is 1. The molecule has 130 valence electrons. The largest absolute Gasteiger partial charge is 0.390 e. The minimum Gasteiger partial charge on any atom is -0.390 e. The number of fused-ring (bicyclic) bond motifs is 1. The molecule has 1 saturated heterocycles. The molecular weight excluding hydrogens is 314 g/mol. The number of ether oxygens (including phenoxy) is 1. The van der Waals surface area contributed by atoms with Gasteiger partial charge >= 0.3 is 0 Å². The van der Waals surface area contributed by atoms with Gasteiger partial charge in [0.25, 0.3) is 0 Å². The van der Waals surface area contributed by atoms with Gasteiger partial charge < -0.3 is 15.2 Å². The number of amides is 1. The summed E-state index contributed by atoms with van der Waals surface area (Å²) in [6.07, 6.45) is 1.48. The Hall–Kier alpha value is -2.17. The summed E-state index contributed by atoms with van der Waals surface area (Å²) >= 11 is 0. The molecule has 2 aromatic rings. The van der Waals surface area contributed by atoms with Crippen LogP contribution in [0.5, 0.6) is 0 Å². The molecule has 25 heavy (non-hydrogen) atoms. The first-order chi connectivity index (χ1) is 12.2. The van der Waals surface area contributed by atoms with E-state index >= 15 is 0 Å². The molecule has 0 radical (unpaired) electrons. The van der Waals surface area contributed by atoms with Crippen LogP contribution in [0, 0.1) is 5.92 Å². The van der Waals surface area contributed by atoms with Gasteiger partial charge in [-0.2, -0.15) is 0 Å². The van der Waals surface area contributed by atoms with E-state index < -0.39 is 6.10 Å². The maximum absolute atomic E-state index is 13.0. The van der Waals surface area contributed by atoms with Crippen molar-refractivity contribution in [2.24, 2.45) is 5.92 Å². The second-order valence-electron chi connectivity index (χ2n) is 6.91. The standard InChI is InChI=1S/C21H23NO3/c23-18-13-15-9-4-5-10-16(15)19(18)22-21(24)17-11-6-12-25-20(17)14-7-2-1-3-8-14/h1-5,7-10,17-20,23H,6,11-13H2,(H,22,24). The van der Waals surface area contributed by atoms with Gasteiger partial charge in [-0.25, -0.2) is 0 Å². The molecule has 4 unspecified atom stereocenters. The molecule has 0 aromatic heterocycles. The minimum atomic E-state index is -0.568. The third kappa shape index (κ3) is 3.20. The topological polar surface area (TPSA) is 58.6 Å². The number of hydrogen-bond acceptors (Lipinski definition) is 3. The molecule has 4 heteroatoms. The van der Waals surface area contributed by atoms with Crippen LogP contribution in [0.25, 0.3) is 0 Å². The number of rotatable bonds is 3. The first kappa shape index (κ1) is 16.3. The highest BCUT2D eigenvalue weighted by molar-refractivity contribution is 5.80. The van der Waals surface area contributed by atoms with Gasteiger partial charge in [-0.15, -0.1) is 0 Å². The van der Waals surface area contributed by atoms with Crippen LogP contribution in [0.1, 0.15) is 41.7 Å². The van der Waals surface area contributed by atoms with Crippen molar-refractivity contribution in [2.45, 2.75) is 37.5 Å². The van der Waals surface area contributed by atoms with Crippen LogP contribution in [-0.2, 0) is 16.0 Å². The Morgan fingerprint density at radius 2 is 1.84 bits per heavy atom. The van der Waals surface area contributed by atoms with E-state index in [1.54, 1.807) is 0 Å². The predicted octanol–water partition coefficient (Wildman–Crippen LogP) is 2.93. The Morgan fingerprint density at radius 3 is 2.68 bits per heavy atom. The Morgan fingerprint density at radius 1 is 1.08 bits per heavy atom. The van der Waals surface area contributed by atoms with Crippen molar-refractivity contribution >= 4 is 5.91 Å². The van der Waals surface area contributed by atoms with Gasteiger partial charge in [0.2, 0.25) is 5.91 Å². The number of aliphatic hydroxyl groups is 1. The van der Waals surface area contributed by atoms with Crippen molar-refractivity contribution in [1.29, 1.82) is 0 Å². The zero-order valence-corrected chi connectivity index (χ0v) is 14.1. The van der Waals surface area contributed by atoms with Gasteiger partial charge in [-0.1, -0.05) is 54.6 Å². The van der Waals surface area contributed by atoms with Crippen LogP contribution in [0.15, 0.2) is 54.6 Å². The Kier molecular flexibility index (Phi) is 4.55. The average Bonchev–Trinajstić information content (AvgIpc) is 2.98. The van der Waals surface area contributed by atoms with Gasteiger partial charge in [0.15, 0.2) is 0 Å². The van der Waals surface area contributed by atoms with Crippen molar-refractivity contribution in [3.63, 3.8) is 0 Å². The van der Waals surface area contributed by atoms with Crippen molar-refractivity contribution in [2.75, 3.05) is 6.61 Å². The molecule has 0 saturated carbocycles. The number of carbonyl (C=O) groups is 1. The highest BCUT2D eigenvalue weighted by Gasteiger charge is 2.37. The van der Waals surface area contributed by atoms with Gasteiger partial charge in [0.1, 0.15) is 0 Å². The number of benzene rings is 2. The van der Waals surface area contributed by atoms with Crippen molar-refractivity contribution in [3.05, 3.63) is 71.3 Å². The molecule has 1 heterocycles. The lowest BCUT2D eigenvalue weighted by Gasteiger charge is -2.32. The molecule has 4 rings (SSSR count). The number of aliphatic hydroxyl groups excluding tert-OH is 1. The Bertz CT molecular complexity index is 746. The Labute approximate surface area is 147 Å². The minimum absolute atomic E-state index is 0.0330. The van der Waals surface area contributed by atoms with Gasteiger partial charge in [0.05, 0.1) is 24.2 Å². The summed E-state index contributed by atoms with van der Waals surface area (Å²) in [4.78, 5) is 13.0. The SMILES string of the molecule is O=C(NC1c2ccccc2CC1O)C1CCCOC1c1ccccc1. The second-order valence-corrected chi connectivity index (χ2v) is 6.91. The van der Waals surface area contributed by atoms with Crippen LogP contribution in [0.4, 0.5) is 0 Å². The van der Waals surface area contributed by atoms with Crippen LogP contribution in [-0.4, -0.2) is 23.7 Å². The molecule has 4 atom stereocenters. The fourth-order valence-electron chi connectivity index (χ4n) is 4.03. The smallest absolute Gasteiger partial charge is 0.226 e. The summed E-state index contributed by atoms with van der Waals surface area (Å²) in [5.41, 5.74) is 3.17. The van der Waals surface area contributed by atoms with Crippen LogP contribution < -0.4 is 5.32 Å². The normalized spacial score (nSPS) is 28.4. The maximum atomic E-state index is 13.0. The predicted molar refractivity (Wildman–Crippen MR) is 94.9 cm³/mol. The molecule has 2 aliphatic rings. The van der Waals surface area contributed by atoms with E-state index in [-0.39, 0.29) is 24.0 Å². The molecule has 1 aliphatic heterocycles. The van der Waals surface area contributed by atoms with Crippen molar-refractivity contribution in [1.82, 2.24) is 5.32 Å². The van der Waals surface area contributed by atoms with Gasteiger partial charge in [-0.05, 0) is 29.5 Å². The zero-order valence-electron chi connectivity index (χ0n) is 14.1. The number of nitrogens with one attached hydrogen (secondary N) is 1.